The van der Waals surface area contributed by atoms with Crippen molar-refractivity contribution < 1.29 is 30.0 Å². The van der Waals surface area contributed by atoms with Gasteiger partial charge >= 0.3 is 6.03 Å². The smallest absolute Gasteiger partial charge is 0.345 e. The van der Waals surface area contributed by atoms with Gasteiger partial charge in [-0.15, -0.1) is 22.9 Å². The maximum absolute atomic E-state index is 12.3. The van der Waals surface area contributed by atoms with E-state index in [4.69, 9.17) is 27.9 Å². The molecule has 0 spiro atoms. The normalized spacial score (nSPS) is 30.3. The number of carbonyl (C=O) groups is 1. The highest BCUT2D eigenvalue weighted by Gasteiger charge is 2.47. The summed E-state index contributed by atoms with van der Waals surface area (Å²) in [6, 6.07) is -0.997. The van der Waals surface area contributed by atoms with E-state index in [1.165, 1.54) is 0 Å². The molecular weight excluding hydrogens is 334 g/mol. The van der Waals surface area contributed by atoms with E-state index in [0.717, 1.165) is 4.90 Å². The lowest BCUT2D eigenvalue weighted by atomic mass is 9.98. The second kappa shape index (κ2) is 8.97. The minimum atomic E-state index is -1.71. The molecule has 2 amide bonds. The molecule has 0 aromatic heterocycles. The van der Waals surface area contributed by atoms with Gasteiger partial charge in [0.15, 0.2) is 6.23 Å². The fraction of sp³-hybridized carbons (Fsp3) is 0.750. The Bertz CT molecular complexity index is 458. The molecule has 0 unspecified atom stereocenters. The molecule has 1 fully saturated rings. The largest absolute Gasteiger partial charge is 0.394 e. The fourth-order valence-electron chi connectivity index (χ4n) is 2.10. The van der Waals surface area contributed by atoms with E-state index in [-0.39, 0.29) is 19.0 Å². The van der Waals surface area contributed by atoms with Crippen molar-refractivity contribution in [2.24, 2.45) is 5.29 Å². The molecule has 0 aliphatic carbocycles. The second-order valence-corrected chi connectivity index (χ2v) is 5.11. The summed E-state index contributed by atoms with van der Waals surface area (Å²) in [5.41, 5.74) is 0. The van der Waals surface area contributed by atoms with Crippen molar-refractivity contribution in [1.29, 1.82) is 0 Å². The van der Waals surface area contributed by atoms with Crippen LogP contribution in [0.3, 0.4) is 0 Å². The first-order valence-electron chi connectivity index (χ1n) is 6.64. The molecule has 0 saturated carbocycles. The number of urea groups is 1. The van der Waals surface area contributed by atoms with E-state index in [1.807, 2.05) is 0 Å². The molecule has 1 aliphatic rings. The van der Waals surface area contributed by atoms with Crippen LogP contribution < -0.4 is 0 Å². The van der Waals surface area contributed by atoms with E-state index in [9.17, 15) is 25.0 Å². The van der Waals surface area contributed by atoms with Gasteiger partial charge in [0, 0.05) is 5.88 Å². The third-order valence-corrected chi connectivity index (χ3v) is 3.47. The van der Waals surface area contributed by atoms with Crippen molar-refractivity contribution >= 4 is 17.6 Å². The predicted octanol–water partition coefficient (Wildman–Crippen LogP) is -1.94. The average Bonchev–Trinajstić information content (AvgIpc) is 2.55. The zero-order valence-electron chi connectivity index (χ0n) is 12.0. The van der Waals surface area contributed by atoms with Crippen LogP contribution in [0.1, 0.15) is 0 Å². The molecule has 5 atom stereocenters. The van der Waals surface area contributed by atoms with Crippen LogP contribution in [0.25, 0.3) is 0 Å². The van der Waals surface area contributed by atoms with Gasteiger partial charge in [0.2, 0.25) is 0 Å². The monoisotopic (exact) mass is 351 g/mol. The number of aliphatic hydroxyl groups is 4. The van der Waals surface area contributed by atoms with Gasteiger partial charge in [-0.3, -0.25) is 4.90 Å². The number of aliphatic hydroxyl groups excluding tert-OH is 4. The molecular formula is C12H18ClN3O7. The van der Waals surface area contributed by atoms with E-state index in [1.54, 1.807) is 0 Å². The molecule has 1 rings (SSSR count). The summed E-state index contributed by atoms with van der Waals surface area (Å²) in [6.07, 6.45) is -2.54. The SMILES string of the molecule is C#CCN(C(=O)N(CCCl)N=O)[C@@H]1O[C@H](CO)[C@H](O)[C@H](O)[C@H]1O. The molecule has 0 radical (unpaired) electrons. The number of hydrogen-bond donors (Lipinski definition) is 4. The summed E-state index contributed by atoms with van der Waals surface area (Å²) < 4.78 is 5.24. The molecule has 11 heteroatoms. The summed E-state index contributed by atoms with van der Waals surface area (Å²) in [7, 11) is 0. The van der Waals surface area contributed by atoms with Crippen LogP contribution in [0, 0.1) is 17.3 Å². The molecule has 4 N–H and O–H groups in total. The number of rotatable bonds is 6. The Balaban J connectivity index is 3.05. The minimum Gasteiger partial charge on any atom is -0.394 e. The van der Waals surface area contributed by atoms with E-state index in [0.29, 0.717) is 5.01 Å². The highest BCUT2D eigenvalue weighted by atomic mass is 35.5. The number of alkyl halides is 1. The standard InChI is InChI=1S/C12H18ClN3O7/c1-2-4-15(12(21)16(14-22)5-3-13)11-10(20)9(19)8(18)7(6-17)23-11/h1,7-11,17-20H,3-6H2/t7-,8+,9+,10-,11-/m1/s1. The molecule has 1 saturated heterocycles. The maximum atomic E-state index is 12.3. The van der Waals surface area contributed by atoms with Gasteiger partial charge < -0.3 is 25.2 Å². The zero-order valence-corrected chi connectivity index (χ0v) is 12.8. The molecule has 10 nitrogen and oxygen atoms in total. The Kier molecular flexibility index (Phi) is 7.63. The van der Waals surface area contributed by atoms with Gasteiger partial charge in [-0.25, -0.2) is 4.79 Å². The second-order valence-electron chi connectivity index (χ2n) is 4.73. The zero-order chi connectivity index (χ0) is 17.6. The van der Waals surface area contributed by atoms with Gasteiger partial charge in [-0.1, -0.05) is 5.92 Å². The van der Waals surface area contributed by atoms with E-state index < -0.39 is 43.3 Å². The Morgan fingerprint density at radius 3 is 2.43 bits per heavy atom. The number of carbonyl (C=O) groups excluding carboxylic acids is 1. The van der Waals surface area contributed by atoms with Crippen LogP contribution in [0.5, 0.6) is 0 Å². The highest BCUT2D eigenvalue weighted by molar-refractivity contribution is 6.18. The summed E-state index contributed by atoms with van der Waals surface area (Å²) in [6.45, 7) is -1.25. The molecule has 0 aromatic carbocycles. The van der Waals surface area contributed by atoms with E-state index >= 15 is 0 Å². The van der Waals surface area contributed by atoms with Gasteiger partial charge in [0.05, 0.1) is 25.0 Å². The lowest BCUT2D eigenvalue weighted by Gasteiger charge is -2.44. The van der Waals surface area contributed by atoms with Gasteiger partial charge in [0.1, 0.15) is 24.4 Å². The number of amides is 2. The van der Waals surface area contributed by atoms with Crippen LogP contribution in [-0.2, 0) is 4.74 Å². The van der Waals surface area contributed by atoms with E-state index in [2.05, 4.69) is 11.2 Å². The number of nitroso groups, excluding NO2 is 1. The average molecular weight is 352 g/mol. The Morgan fingerprint density at radius 2 is 1.96 bits per heavy atom. The highest BCUT2D eigenvalue weighted by Crippen LogP contribution is 2.24. The van der Waals surface area contributed by atoms with Gasteiger partial charge in [-0.05, 0) is 0 Å². The maximum Gasteiger partial charge on any atom is 0.345 e. The number of terminal acetylenes is 1. The quantitative estimate of drug-likeness (QED) is 0.189. The van der Waals surface area contributed by atoms with Crippen molar-refractivity contribution in [2.45, 2.75) is 30.6 Å². The number of hydrogen-bond acceptors (Lipinski definition) is 8. The van der Waals surface area contributed by atoms with Crippen molar-refractivity contribution in [1.82, 2.24) is 9.91 Å². The van der Waals surface area contributed by atoms with Crippen LogP contribution >= 0.6 is 11.6 Å². The third-order valence-electron chi connectivity index (χ3n) is 3.30. The summed E-state index contributed by atoms with van der Waals surface area (Å²) >= 11 is 5.46. The Morgan fingerprint density at radius 1 is 1.30 bits per heavy atom. The topological polar surface area (TPSA) is 143 Å². The molecule has 0 aromatic rings. The van der Waals surface area contributed by atoms with Gasteiger partial charge in [-0.2, -0.15) is 5.01 Å². The Hall–Kier alpha value is -1.48. The minimum absolute atomic E-state index is 0.0734. The van der Waals surface area contributed by atoms with Crippen LogP contribution in [-0.4, -0.2) is 92.6 Å². The molecule has 1 heterocycles. The molecule has 23 heavy (non-hydrogen) atoms. The predicted molar refractivity (Wildman–Crippen MR) is 77.9 cm³/mol. The summed E-state index contributed by atoms with van der Waals surface area (Å²) in [5.74, 6) is 2.08. The van der Waals surface area contributed by atoms with Crippen molar-refractivity contribution in [2.75, 3.05) is 25.6 Å². The van der Waals surface area contributed by atoms with Crippen LogP contribution in [0.15, 0.2) is 5.29 Å². The van der Waals surface area contributed by atoms with Crippen LogP contribution in [0.4, 0.5) is 4.79 Å². The molecule has 130 valence electrons. The first-order chi connectivity index (χ1) is 10.9. The van der Waals surface area contributed by atoms with Gasteiger partial charge in [0.25, 0.3) is 0 Å². The fourth-order valence-corrected chi connectivity index (χ4v) is 2.26. The Labute approximate surface area is 137 Å². The molecule has 0 bridgehead atoms. The van der Waals surface area contributed by atoms with Crippen molar-refractivity contribution in [3.05, 3.63) is 4.91 Å². The van der Waals surface area contributed by atoms with Crippen molar-refractivity contribution in [3.63, 3.8) is 0 Å². The van der Waals surface area contributed by atoms with Crippen LogP contribution in [0.2, 0.25) is 0 Å². The summed E-state index contributed by atoms with van der Waals surface area (Å²) in [4.78, 5) is 23.8. The summed E-state index contributed by atoms with van der Waals surface area (Å²) in [5, 5.41) is 41.7. The first kappa shape index (κ1) is 19.6. The third kappa shape index (κ3) is 4.29. The number of ether oxygens (including phenoxy) is 1. The first-order valence-corrected chi connectivity index (χ1v) is 7.17. The molecule has 1 aliphatic heterocycles. The lowest BCUT2D eigenvalue weighted by molar-refractivity contribution is -0.257. The number of nitrogens with zero attached hydrogens (tertiary/aromatic N) is 3. The number of halogens is 1. The van der Waals surface area contributed by atoms with Crippen molar-refractivity contribution in [3.8, 4) is 12.3 Å². The lowest BCUT2D eigenvalue weighted by Crippen LogP contribution is -2.65.